The summed E-state index contributed by atoms with van der Waals surface area (Å²) in [6.07, 6.45) is -1.68. The molecule has 0 saturated carbocycles. The minimum atomic E-state index is -4.12. The van der Waals surface area contributed by atoms with Crippen molar-refractivity contribution in [1.82, 2.24) is 10.3 Å². The maximum Gasteiger partial charge on any atom is 0.390 e. The summed E-state index contributed by atoms with van der Waals surface area (Å²) in [7, 11) is 0. The summed E-state index contributed by atoms with van der Waals surface area (Å²) in [5.74, 6) is 0. The standard InChI is InChI=1S/C11H15F3N2/c1-8(7-11(12,13)14)16-9(2)10-3-5-15-6-4-10/h3-6,8-9,16H,7H2,1-2H3. The molecule has 90 valence electrons. The molecule has 0 aromatic carbocycles. The van der Waals surface area contributed by atoms with Crippen LogP contribution in [0.4, 0.5) is 13.2 Å². The highest BCUT2D eigenvalue weighted by atomic mass is 19.4. The van der Waals surface area contributed by atoms with Crippen molar-refractivity contribution in [3.05, 3.63) is 30.1 Å². The number of rotatable bonds is 4. The zero-order valence-electron chi connectivity index (χ0n) is 9.25. The molecule has 0 spiro atoms. The summed E-state index contributed by atoms with van der Waals surface area (Å²) in [5, 5.41) is 2.90. The largest absolute Gasteiger partial charge is 0.390 e. The summed E-state index contributed by atoms with van der Waals surface area (Å²) in [5.41, 5.74) is 0.934. The molecule has 0 aliphatic carbocycles. The lowest BCUT2D eigenvalue weighted by atomic mass is 10.1. The minimum absolute atomic E-state index is 0.111. The van der Waals surface area contributed by atoms with Gasteiger partial charge in [0.25, 0.3) is 0 Å². The topological polar surface area (TPSA) is 24.9 Å². The van der Waals surface area contributed by atoms with Crippen molar-refractivity contribution in [3.8, 4) is 0 Å². The van der Waals surface area contributed by atoms with Crippen molar-refractivity contribution in [2.24, 2.45) is 0 Å². The number of nitrogens with zero attached hydrogens (tertiary/aromatic N) is 1. The van der Waals surface area contributed by atoms with E-state index in [4.69, 9.17) is 0 Å². The Balaban J connectivity index is 2.49. The first-order valence-electron chi connectivity index (χ1n) is 5.11. The highest BCUT2D eigenvalue weighted by Gasteiger charge is 2.30. The van der Waals surface area contributed by atoms with E-state index in [0.717, 1.165) is 5.56 Å². The van der Waals surface area contributed by atoms with Gasteiger partial charge in [0.05, 0.1) is 6.42 Å². The maximum atomic E-state index is 12.1. The van der Waals surface area contributed by atoms with Crippen LogP contribution in [-0.2, 0) is 0 Å². The van der Waals surface area contributed by atoms with Gasteiger partial charge in [0, 0.05) is 24.5 Å². The lowest BCUT2D eigenvalue weighted by molar-refractivity contribution is -0.139. The van der Waals surface area contributed by atoms with Gasteiger partial charge in [-0.3, -0.25) is 4.98 Å². The molecule has 2 atom stereocenters. The van der Waals surface area contributed by atoms with Crippen LogP contribution in [0.3, 0.4) is 0 Å². The van der Waals surface area contributed by atoms with E-state index < -0.39 is 18.6 Å². The second-order valence-corrected chi connectivity index (χ2v) is 3.89. The summed E-state index contributed by atoms with van der Waals surface area (Å²) in [6, 6.07) is 2.87. The lowest BCUT2D eigenvalue weighted by Crippen LogP contribution is -2.33. The molecule has 1 N–H and O–H groups in total. The lowest BCUT2D eigenvalue weighted by Gasteiger charge is -2.21. The van der Waals surface area contributed by atoms with E-state index in [1.54, 1.807) is 24.5 Å². The summed E-state index contributed by atoms with van der Waals surface area (Å²) in [4.78, 5) is 3.86. The zero-order chi connectivity index (χ0) is 12.2. The van der Waals surface area contributed by atoms with Gasteiger partial charge in [-0.05, 0) is 31.5 Å². The first-order chi connectivity index (χ1) is 7.38. The van der Waals surface area contributed by atoms with Gasteiger partial charge in [0.1, 0.15) is 0 Å². The van der Waals surface area contributed by atoms with E-state index >= 15 is 0 Å². The monoisotopic (exact) mass is 232 g/mol. The van der Waals surface area contributed by atoms with Gasteiger partial charge in [0.2, 0.25) is 0 Å². The predicted octanol–water partition coefficient (Wildman–Crippen LogP) is 3.07. The number of pyridine rings is 1. The first-order valence-corrected chi connectivity index (χ1v) is 5.11. The first kappa shape index (κ1) is 13.0. The van der Waals surface area contributed by atoms with Gasteiger partial charge >= 0.3 is 6.18 Å². The summed E-state index contributed by atoms with van der Waals surface area (Å²) < 4.78 is 36.3. The summed E-state index contributed by atoms with van der Waals surface area (Å²) in [6.45, 7) is 3.37. The van der Waals surface area contributed by atoms with E-state index in [1.807, 2.05) is 6.92 Å². The van der Waals surface area contributed by atoms with Crippen LogP contribution in [0.1, 0.15) is 31.9 Å². The second kappa shape index (κ2) is 5.30. The third kappa shape index (κ3) is 4.61. The number of nitrogens with one attached hydrogen (secondary N) is 1. The smallest absolute Gasteiger partial charge is 0.307 e. The Morgan fingerprint density at radius 3 is 2.31 bits per heavy atom. The van der Waals surface area contributed by atoms with Crippen molar-refractivity contribution in [1.29, 1.82) is 0 Å². The fraction of sp³-hybridized carbons (Fsp3) is 0.545. The zero-order valence-corrected chi connectivity index (χ0v) is 9.25. The van der Waals surface area contributed by atoms with Gasteiger partial charge in [-0.15, -0.1) is 0 Å². The van der Waals surface area contributed by atoms with Crippen molar-refractivity contribution >= 4 is 0 Å². The van der Waals surface area contributed by atoms with Crippen molar-refractivity contribution in [3.63, 3.8) is 0 Å². The fourth-order valence-corrected chi connectivity index (χ4v) is 1.58. The van der Waals surface area contributed by atoms with Crippen LogP contribution in [0.25, 0.3) is 0 Å². The van der Waals surface area contributed by atoms with Crippen LogP contribution in [0.5, 0.6) is 0 Å². The van der Waals surface area contributed by atoms with Crippen LogP contribution in [-0.4, -0.2) is 17.2 Å². The number of halogens is 3. The molecule has 1 aromatic rings. The van der Waals surface area contributed by atoms with Crippen LogP contribution in [0.2, 0.25) is 0 Å². The average molecular weight is 232 g/mol. The molecule has 0 saturated heterocycles. The van der Waals surface area contributed by atoms with E-state index in [-0.39, 0.29) is 6.04 Å². The normalized spacial score (nSPS) is 15.8. The van der Waals surface area contributed by atoms with E-state index in [0.29, 0.717) is 0 Å². The molecule has 2 nitrogen and oxygen atoms in total. The number of aromatic nitrogens is 1. The van der Waals surface area contributed by atoms with Gasteiger partial charge in [-0.1, -0.05) is 0 Å². The molecule has 0 aliphatic rings. The average Bonchev–Trinajstić information content (AvgIpc) is 2.16. The van der Waals surface area contributed by atoms with E-state index in [2.05, 4.69) is 10.3 Å². The molecule has 0 bridgehead atoms. The van der Waals surface area contributed by atoms with Gasteiger partial charge in [0.15, 0.2) is 0 Å². The number of hydrogen-bond acceptors (Lipinski definition) is 2. The second-order valence-electron chi connectivity index (χ2n) is 3.89. The fourth-order valence-electron chi connectivity index (χ4n) is 1.58. The molecule has 1 aromatic heterocycles. The number of hydrogen-bond donors (Lipinski definition) is 1. The molecule has 0 aliphatic heterocycles. The van der Waals surface area contributed by atoms with Crippen LogP contribution >= 0.6 is 0 Å². The quantitative estimate of drug-likeness (QED) is 0.862. The highest BCUT2D eigenvalue weighted by Crippen LogP contribution is 2.22. The van der Waals surface area contributed by atoms with Crippen molar-refractivity contribution in [2.45, 2.75) is 38.5 Å². The Morgan fingerprint density at radius 2 is 1.81 bits per heavy atom. The SMILES string of the molecule is CC(CC(F)(F)F)NC(C)c1ccncc1. The van der Waals surface area contributed by atoms with Crippen molar-refractivity contribution < 1.29 is 13.2 Å². The molecule has 16 heavy (non-hydrogen) atoms. The minimum Gasteiger partial charge on any atom is -0.307 e. The Morgan fingerprint density at radius 1 is 1.25 bits per heavy atom. The van der Waals surface area contributed by atoms with E-state index in [9.17, 15) is 13.2 Å². The molecule has 2 unspecified atom stereocenters. The molecule has 0 amide bonds. The van der Waals surface area contributed by atoms with Crippen LogP contribution in [0.15, 0.2) is 24.5 Å². The molecular formula is C11H15F3N2. The predicted molar refractivity (Wildman–Crippen MR) is 55.9 cm³/mol. The Kier molecular flexibility index (Phi) is 4.29. The third-order valence-corrected chi connectivity index (χ3v) is 2.28. The number of alkyl halides is 3. The molecule has 0 fully saturated rings. The third-order valence-electron chi connectivity index (χ3n) is 2.28. The van der Waals surface area contributed by atoms with Gasteiger partial charge in [-0.25, -0.2) is 0 Å². The Bertz CT molecular complexity index is 311. The van der Waals surface area contributed by atoms with Gasteiger partial charge in [-0.2, -0.15) is 13.2 Å². The van der Waals surface area contributed by atoms with Gasteiger partial charge < -0.3 is 5.32 Å². The molecule has 0 radical (unpaired) electrons. The molecule has 1 rings (SSSR count). The van der Waals surface area contributed by atoms with E-state index in [1.165, 1.54) is 6.92 Å². The Hall–Kier alpha value is -1.10. The van der Waals surface area contributed by atoms with Crippen LogP contribution in [0, 0.1) is 0 Å². The molecule has 1 heterocycles. The molecule has 5 heteroatoms. The summed E-state index contributed by atoms with van der Waals surface area (Å²) >= 11 is 0. The maximum absolute atomic E-state index is 12.1. The Labute approximate surface area is 92.9 Å². The van der Waals surface area contributed by atoms with Crippen LogP contribution < -0.4 is 5.32 Å². The van der Waals surface area contributed by atoms with Crippen molar-refractivity contribution in [2.75, 3.05) is 0 Å². The molecular weight excluding hydrogens is 217 g/mol. The highest BCUT2D eigenvalue weighted by molar-refractivity contribution is 5.14.